The summed E-state index contributed by atoms with van der Waals surface area (Å²) in [4.78, 5) is 18.5. The number of hydrogen-bond donors (Lipinski definition) is 2. The number of nitrogens with zero attached hydrogens (tertiary/aromatic N) is 1. The van der Waals surface area contributed by atoms with Crippen LogP contribution in [0.4, 0.5) is 5.82 Å². The van der Waals surface area contributed by atoms with E-state index in [1.165, 1.54) is 0 Å². The number of hydrogen-bond acceptors (Lipinski definition) is 2. The Balaban J connectivity index is 2.17. The number of rotatable bonds is 2. The molecule has 82 valence electrons. The fourth-order valence-corrected chi connectivity index (χ4v) is 1.67. The molecule has 0 aliphatic heterocycles. The standard InChI is InChI=1S/C10H7BrClN3O/c11-7-2-1-3-13-9(7)15-10(16)8-4-6(12)5-14-8/h1-5,14H,(H,13,15,16). The van der Waals surface area contributed by atoms with Crippen LogP contribution in [0.5, 0.6) is 0 Å². The zero-order chi connectivity index (χ0) is 11.5. The van der Waals surface area contributed by atoms with Gasteiger partial charge in [0.15, 0.2) is 0 Å². The first-order valence-electron chi connectivity index (χ1n) is 4.42. The van der Waals surface area contributed by atoms with E-state index >= 15 is 0 Å². The van der Waals surface area contributed by atoms with Crippen molar-refractivity contribution in [1.29, 1.82) is 0 Å². The van der Waals surface area contributed by atoms with E-state index in [2.05, 4.69) is 31.2 Å². The van der Waals surface area contributed by atoms with E-state index in [1.54, 1.807) is 30.6 Å². The van der Waals surface area contributed by atoms with Crippen molar-refractivity contribution < 1.29 is 4.79 Å². The topological polar surface area (TPSA) is 57.8 Å². The SMILES string of the molecule is O=C(Nc1ncccc1Br)c1cc(Cl)c[nH]1. The van der Waals surface area contributed by atoms with Crippen molar-refractivity contribution >= 4 is 39.3 Å². The lowest BCUT2D eigenvalue weighted by Crippen LogP contribution is -2.13. The second-order valence-corrected chi connectivity index (χ2v) is 4.31. The molecule has 0 spiro atoms. The summed E-state index contributed by atoms with van der Waals surface area (Å²) >= 11 is 8.99. The lowest BCUT2D eigenvalue weighted by Gasteiger charge is -2.03. The number of nitrogens with one attached hydrogen (secondary N) is 2. The van der Waals surface area contributed by atoms with Gasteiger partial charge in [-0.3, -0.25) is 4.79 Å². The first kappa shape index (κ1) is 11.2. The number of carbonyl (C=O) groups is 1. The summed E-state index contributed by atoms with van der Waals surface area (Å²) in [7, 11) is 0. The maximum Gasteiger partial charge on any atom is 0.273 e. The Hall–Kier alpha value is -1.33. The summed E-state index contributed by atoms with van der Waals surface area (Å²) in [6.07, 6.45) is 3.14. The van der Waals surface area contributed by atoms with Crippen LogP contribution < -0.4 is 5.32 Å². The third-order valence-electron chi connectivity index (χ3n) is 1.88. The third kappa shape index (κ3) is 2.43. The molecule has 2 aromatic rings. The minimum absolute atomic E-state index is 0.286. The molecule has 0 aliphatic rings. The molecule has 0 aliphatic carbocycles. The molecule has 0 atom stereocenters. The molecular formula is C10H7BrClN3O. The van der Waals surface area contributed by atoms with Gasteiger partial charge in [-0.2, -0.15) is 0 Å². The first-order chi connectivity index (χ1) is 7.66. The zero-order valence-corrected chi connectivity index (χ0v) is 10.3. The number of halogens is 2. The number of aromatic nitrogens is 2. The molecule has 0 radical (unpaired) electrons. The molecular weight excluding hydrogens is 293 g/mol. The van der Waals surface area contributed by atoms with Crippen LogP contribution in [0, 0.1) is 0 Å². The van der Waals surface area contributed by atoms with E-state index in [0.717, 1.165) is 4.47 Å². The monoisotopic (exact) mass is 299 g/mol. The molecule has 2 aromatic heterocycles. The average molecular weight is 301 g/mol. The Labute approximate surface area is 105 Å². The summed E-state index contributed by atoms with van der Waals surface area (Å²) in [5.74, 6) is 0.185. The van der Waals surface area contributed by atoms with Crippen molar-refractivity contribution in [3.63, 3.8) is 0 Å². The average Bonchev–Trinajstić information content (AvgIpc) is 2.68. The van der Waals surface area contributed by atoms with Crippen molar-refractivity contribution in [2.75, 3.05) is 5.32 Å². The zero-order valence-electron chi connectivity index (χ0n) is 8.00. The first-order valence-corrected chi connectivity index (χ1v) is 5.59. The minimum atomic E-state index is -0.286. The third-order valence-corrected chi connectivity index (χ3v) is 2.74. The van der Waals surface area contributed by atoms with Crippen LogP contribution in [0.2, 0.25) is 5.02 Å². The predicted molar refractivity (Wildman–Crippen MR) is 65.7 cm³/mol. The molecule has 0 fully saturated rings. The van der Waals surface area contributed by atoms with Gasteiger partial charge < -0.3 is 10.3 Å². The van der Waals surface area contributed by atoms with Gasteiger partial charge in [0.25, 0.3) is 5.91 Å². The lowest BCUT2D eigenvalue weighted by molar-refractivity contribution is 0.102. The van der Waals surface area contributed by atoms with Crippen molar-refractivity contribution in [2.45, 2.75) is 0 Å². The molecule has 2 N–H and O–H groups in total. The van der Waals surface area contributed by atoms with Crippen LogP contribution in [0.15, 0.2) is 35.1 Å². The Morgan fingerprint density at radius 1 is 1.56 bits per heavy atom. The maximum atomic E-state index is 11.7. The van der Waals surface area contributed by atoms with E-state index in [4.69, 9.17) is 11.6 Å². The van der Waals surface area contributed by atoms with Gasteiger partial charge in [0.2, 0.25) is 0 Å². The Morgan fingerprint density at radius 3 is 3.00 bits per heavy atom. The molecule has 6 heteroatoms. The Morgan fingerprint density at radius 2 is 2.38 bits per heavy atom. The number of H-pyrrole nitrogens is 1. The van der Waals surface area contributed by atoms with Crippen LogP contribution in [0.1, 0.15) is 10.5 Å². The maximum absolute atomic E-state index is 11.7. The van der Waals surface area contributed by atoms with Crippen molar-refractivity contribution in [2.24, 2.45) is 0 Å². The number of amides is 1. The van der Waals surface area contributed by atoms with Crippen molar-refractivity contribution in [1.82, 2.24) is 9.97 Å². The second-order valence-electron chi connectivity index (χ2n) is 3.02. The van der Waals surface area contributed by atoms with Crippen molar-refractivity contribution in [3.05, 3.63) is 45.8 Å². The van der Waals surface area contributed by atoms with Gasteiger partial charge in [0.05, 0.1) is 9.50 Å². The molecule has 16 heavy (non-hydrogen) atoms. The van der Waals surface area contributed by atoms with Gasteiger partial charge in [-0.25, -0.2) is 4.98 Å². The molecule has 1 amide bonds. The van der Waals surface area contributed by atoms with Gasteiger partial charge in [0.1, 0.15) is 11.5 Å². The van der Waals surface area contributed by atoms with Gasteiger partial charge in [-0.1, -0.05) is 11.6 Å². The highest BCUT2D eigenvalue weighted by Crippen LogP contribution is 2.19. The fraction of sp³-hybridized carbons (Fsp3) is 0. The van der Waals surface area contributed by atoms with E-state index in [9.17, 15) is 4.79 Å². The minimum Gasteiger partial charge on any atom is -0.356 e. The molecule has 2 rings (SSSR count). The quantitative estimate of drug-likeness (QED) is 0.895. The number of aromatic amines is 1. The predicted octanol–water partition coefficient (Wildman–Crippen LogP) is 3.08. The normalized spacial score (nSPS) is 10.1. The van der Waals surface area contributed by atoms with E-state index < -0.39 is 0 Å². The highest BCUT2D eigenvalue weighted by atomic mass is 79.9. The summed E-state index contributed by atoms with van der Waals surface area (Å²) in [5.41, 5.74) is 0.391. The fourth-order valence-electron chi connectivity index (χ4n) is 1.15. The lowest BCUT2D eigenvalue weighted by atomic mass is 10.4. The second kappa shape index (κ2) is 4.67. The number of carbonyl (C=O) groups excluding carboxylic acids is 1. The van der Waals surface area contributed by atoms with Crippen molar-refractivity contribution in [3.8, 4) is 0 Å². The van der Waals surface area contributed by atoms with Crippen LogP contribution >= 0.6 is 27.5 Å². The van der Waals surface area contributed by atoms with Gasteiger partial charge in [-0.15, -0.1) is 0 Å². The van der Waals surface area contributed by atoms with Crippen LogP contribution in [-0.2, 0) is 0 Å². The Kier molecular flexibility index (Phi) is 3.26. The summed E-state index contributed by atoms with van der Waals surface area (Å²) in [5, 5.41) is 3.14. The molecule has 0 aromatic carbocycles. The molecule has 0 unspecified atom stereocenters. The molecule has 2 heterocycles. The van der Waals surface area contributed by atoms with E-state index in [0.29, 0.717) is 16.5 Å². The summed E-state index contributed by atoms with van der Waals surface area (Å²) in [6.45, 7) is 0. The Bertz CT molecular complexity index is 526. The highest BCUT2D eigenvalue weighted by Gasteiger charge is 2.10. The van der Waals surface area contributed by atoms with E-state index in [1.807, 2.05) is 0 Å². The van der Waals surface area contributed by atoms with Crippen LogP contribution in [0.3, 0.4) is 0 Å². The smallest absolute Gasteiger partial charge is 0.273 e. The van der Waals surface area contributed by atoms with Gasteiger partial charge in [-0.05, 0) is 34.1 Å². The van der Waals surface area contributed by atoms with Gasteiger partial charge >= 0.3 is 0 Å². The summed E-state index contributed by atoms with van der Waals surface area (Å²) < 4.78 is 0.723. The number of pyridine rings is 1. The molecule has 0 bridgehead atoms. The summed E-state index contributed by atoms with van der Waals surface area (Å²) in [6, 6.07) is 5.11. The highest BCUT2D eigenvalue weighted by molar-refractivity contribution is 9.10. The van der Waals surface area contributed by atoms with Crippen LogP contribution in [0.25, 0.3) is 0 Å². The van der Waals surface area contributed by atoms with E-state index in [-0.39, 0.29) is 5.91 Å². The number of anilines is 1. The molecule has 0 saturated carbocycles. The molecule has 0 saturated heterocycles. The largest absolute Gasteiger partial charge is 0.356 e. The van der Waals surface area contributed by atoms with Gasteiger partial charge in [0, 0.05) is 12.4 Å². The van der Waals surface area contributed by atoms with Crippen LogP contribution in [-0.4, -0.2) is 15.9 Å². The molecule has 4 nitrogen and oxygen atoms in total.